The number of ether oxygens (including phenoxy) is 2. The third kappa shape index (κ3) is 5.57. The molecule has 0 saturated carbocycles. The minimum absolute atomic E-state index is 0.0805. The smallest absolute Gasteiger partial charge is 0.338 e. The van der Waals surface area contributed by atoms with Crippen molar-refractivity contribution in [2.45, 2.75) is 24.4 Å². The Kier molecular flexibility index (Phi) is 8.38. The molecule has 1 saturated heterocycles. The fraction of sp³-hybridized carbons (Fsp3) is 0.156. The van der Waals surface area contributed by atoms with E-state index in [1.54, 1.807) is 77.2 Å². The number of hydrogen-bond donors (Lipinski definition) is 0. The van der Waals surface area contributed by atoms with E-state index >= 15 is 13.2 Å². The molecule has 0 radical (unpaired) electrons. The van der Waals surface area contributed by atoms with Gasteiger partial charge >= 0.3 is 5.97 Å². The average molecular weight is 726 g/mol. The summed E-state index contributed by atoms with van der Waals surface area (Å²) in [5, 5.41) is -0.399. The van der Waals surface area contributed by atoms with E-state index in [1.165, 1.54) is 36.4 Å². The van der Waals surface area contributed by atoms with Crippen LogP contribution in [-0.4, -0.2) is 54.9 Å². The molecule has 9 nitrogen and oxygen atoms in total. The summed E-state index contributed by atoms with van der Waals surface area (Å²) in [5.41, 5.74) is 0.0478. The van der Waals surface area contributed by atoms with Gasteiger partial charge in [-0.25, -0.2) is 32.8 Å². The van der Waals surface area contributed by atoms with E-state index in [-0.39, 0.29) is 22.3 Å². The zero-order valence-corrected chi connectivity index (χ0v) is 25.3. The van der Waals surface area contributed by atoms with E-state index in [0.717, 1.165) is 17.1 Å². The Morgan fingerprint density at radius 1 is 0.889 bits per heavy atom. The standard InChI is InChI=1S/C32H22F3IN4O5/c33-22-16-39(30-24(25(34)32(35,17-36)45-30)44-31(43)21-14-8-3-9-15-21)26-23(22)27(38-18-37-26)40(28(41)19-10-4-1-5-11-19)29(42)20-12-6-2-7-13-20/h1-16,18,24-25,30H,17H2/t24-,25+,30-,32-/m1/s1. The lowest BCUT2D eigenvalue weighted by Gasteiger charge is -2.22. The number of imide groups is 1. The second-order valence-corrected chi connectivity index (χ2v) is 10.8. The molecule has 2 amide bonds. The molecule has 13 heteroatoms. The number of carbonyl (C=O) groups is 3. The minimum atomic E-state index is -2.89. The molecule has 1 fully saturated rings. The molecule has 1 aliphatic rings. The van der Waals surface area contributed by atoms with E-state index in [4.69, 9.17) is 9.47 Å². The number of aromatic nitrogens is 3. The number of halogens is 4. The summed E-state index contributed by atoms with van der Waals surface area (Å²) in [4.78, 5) is 49.4. The predicted molar refractivity (Wildman–Crippen MR) is 165 cm³/mol. The maximum absolute atomic E-state index is 15.9. The third-order valence-corrected chi connectivity index (χ3v) is 8.25. The molecule has 0 unspecified atom stereocenters. The van der Waals surface area contributed by atoms with Gasteiger partial charge in [-0.05, 0) is 36.4 Å². The Hall–Kier alpha value is -4.63. The molecule has 6 rings (SSSR count). The molecule has 3 aromatic carbocycles. The molecule has 0 bridgehead atoms. The number of fused-ring (bicyclic) bond motifs is 1. The van der Waals surface area contributed by atoms with E-state index in [2.05, 4.69) is 9.97 Å². The minimum Gasteiger partial charge on any atom is -0.451 e. The maximum atomic E-state index is 15.9. The number of carbonyl (C=O) groups excluding carboxylic acids is 3. The molecular formula is C32H22F3IN4O5. The molecule has 45 heavy (non-hydrogen) atoms. The normalized spacial score (nSPS) is 21.0. The Morgan fingerprint density at radius 3 is 1.96 bits per heavy atom. The number of esters is 1. The van der Waals surface area contributed by atoms with Crippen molar-refractivity contribution in [2.75, 3.05) is 9.33 Å². The first kappa shape index (κ1) is 30.4. The summed E-state index contributed by atoms with van der Waals surface area (Å²) in [5.74, 6) is -6.89. The van der Waals surface area contributed by atoms with Gasteiger partial charge in [-0.1, -0.05) is 77.2 Å². The van der Waals surface area contributed by atoms with Gasteiger partial charge in [-0.2, -0.15) is 0 Å². The highest BCUT2D eigenvalue weighted by Gasteiger charge is 2.59. The first-order chi connectivity index (χ1) is 21.7. The van der Waals surface area contributed by atoms with Crippen LogP contribution in [0.15, 0.2) is 104 Å². The number of amides is 2. The zero-order valence-electron chi connectivity index (χ0n) is 23.1. The van der Waals surface area contributed by atoms with E-state index in [1.807, 2.05) is 0 Å². The van der Waals surface area contributed by atoms with Crippen LogP contribution in [-0.2, 0) is 9.47 Å². The Bertz CT molecular complexity index is 1830. The number of nitrogens with zero attached hydrogens (tertiary/aromatic N) is 4. The van der Waals surface area contributed by atoms with Crippen molar-refractivity contribution in [2.24, 2.45) is 0 Å². The summed E-state index contributed by atoms with van der Waals surface area (Å²) in [7, 11) is 0. The summed E-state index contributed by atoms with van der Waals surface area (Å²) in [6, 6.07) is 23.4. The van der Waals surface area contributed by atoms with Gasteiger partial charge < -0.3 is 9.47 Å². The maximum Gasteiger partial charge on any atom is 0.338 e. The molecule has 2 aromatic heterocycles. The molecule has 0 aliphatic carbocycles. The van der Waals surface area contributed by atoms with Crippen molar-refractivity contribution in [3.63, 3.8) is 0 Å². The van der Waals surface area contributed by atoms with Crippen LogP contribution in [0.1, 0.15) is 37.3 Å². The fourth-order valence-electron chi connectivity index (χ4n) is 5.02. The molecule has 1 aliphatic heterocycles. The van der Waals surface area contributed by atoms with Crippen LogP contribution in [0.25, 0.3) is 11.0 Å². The third-order valence-electron chi connectivity index (χ3n) is 7.21. The van der Waals surface area contributed by atoms with Crippen molar-refractivity contribution in [3.05, 3.63) is 126 Å². The molecular weight excluding hydrogens is 704 g/mol. The second-order valence-electron chi connectivity index (χ2n) is 10.0. The topological polar surface area (TPSA) is 104 Å². The van der Waals surface area contributed by atoms with Gasteiger partial charge in [-0.3, -0.25) is 14.2 Å². The second kappa shape index (κ2) is 12.4. The molecule has 228 valence electrons. The largest absolute Gasteiger partial charge is 0.451 e. The highest BCUT2D eigenvalue weighted by molar-refractivity contribution is 14.1. The lowest BCUT2D eigenvalue weighted by Crippen LogP contribution is -2.39. The molecule has 4 atom stereocenters. The Morgan fingerprint density at radius 2 is 1.42 bits per heavy atom. The fourth-order valence-corrected chi connectivity index (χ4v) is 5.62. The van der Waals surface area contributed by atoms with Gasteiger partial charge in [0.2, 0.25) is 6.17 Å². The number of alkyl halides is 3. The quantitative estimate of drug-likeness (QED) is 0.0846. The number of hydrogen-bond acceptors (Lipinski definition) is 7. The molecule has 3 heterocycles. The Labute approximate surface area is 267 Å². The van der Waals surface area contributed by atoms with Crippen LogP contribution in [0.3, 0.4) is 0 Å². The lowest BCUT2D eigenvalue weighted by atomic mass is 10.1. The first-order valence-electron chi connectivity index (χ1n) is 13.6. The molecule has 5 aromatic rings. The van der Waals surface area contributed by atoms with Crippen LogP contribution < -0.4 is 4.90 Å². The van der Waals surface area contributed by atoms with Crippen LogP contribution in [0.2, 0.25) is 0 Å². The summed E-state index contributed by atoms with van der Waals surface area (Å²) in [6.45, 7) is 0. The average Bonchev–Trinajstić information content (AvgIpc) is 3.55. The van der Waals surface area contributed by atoms with Gasteiger partial charge in [-0.15, -0.1) is 0 Å². The van der Waals surface area contributed by atoms with Gasteiger partial charge in [0.05, 0.1) is 15.4 Å². The number of rotatable bonds is 7. The van der Waals surface area contributed by atoms with Crippen LogP contribution >= 0.6 is 22.6 Å². The van der Waals surface area contributed by atoms with Crippen molar-refractivity contribution in [1.29, 1.82) is 0 Å². The van der Waals surface area contributed by atoms with Gasteiger partial charge in [0, 0.05) is 17.3 Å². The highest BCUT2D eigenvalue weighted by atomic mass is 127. The predicted octanol–water partition coefficient (Wildman–Crippen LogP) is 6.25. The summed E-state index contributed by atoms with van der Waals surface area (Å²) in [6.07, 6.45) is -4.21. The summed E-state index contributed by atoms with van der Waals surface area (Å²) < 4.78 is 58.6. The number of benzene rings is 3. The van der Waals surface area contributed by atoms with Crippen molar-refractivity contribution >= 4 is 57.2 Å². The van der Waals surface area contributed by atoms with Crippen molar-refractivity contribution in [1.82, 2.24) is 14.5 Å². The van der Waals surface area contributed by atoms with E-state index in [9.17, 15) is 14.4 Å². The molecule has 0 spiro atoms. The Balaban J connectivity index is 1.47. The lowest BCUT2D eigenvalue weighted by molar-refractivity contribution is -0.156. The summed E-state index contributed by atoms with van der Waals surface area (Å²) >= 11 is 1.60. The zero-order chi connectivity index (χ0) is 31.7. The molecule has 0 N–H and O–H groups in total. The van der Waals surface area contributed by atoms with Crippen molar-refractivity contribution < 1.29 is 37.0 Å². The highest BCUT2D eigenvalue weighted by Crippen LogP contribution is 2.45. The monoisotopic (exact) mass is 726 g/mol. The van der Waals surface area contributed by atoms with Gasteiger partial charge in [0.25, 0.3) is 17.7 Å². The van der Waals surface area contributed by atoms with Gasteiger partial charge in [0.15, 0.2) is 29.6 Å². The van der Waals surface area contributed by atoms with E-state index < -0.39 is 63.6 Å². The van der Waals surface area contributed by atoms with Gasteiger partial charge in [0.1, 0.15) is 6.33 Å². The SMILES string of the molecule is O=C(O[C@H]1[C@H](n2cc(F)c3c(N(C(=O)c4ccccc4)C(=O)c4ccccc4)ncnc32)O[C@](F)(CI)[C@H]1F)c1ccccc1. The van der Waals surface area contributed by atoms with Crippen molar-refractivity contribution in [3.8, 4) is 0 Å². The van der Waals surface area contributed by atoms with E-state index in [0.29, 0.717) is 4.90 Å². The van der Waals surface area contributed by atoms with Crippen LogP contribution in [0.4, 0.5) is 19.0 Å². The van der Waals surface area contributed by atoms with Crippen LogP contribution in [0.5, 0.6) is 0 Å². The number of anilines is 1. The van der Waals surface area contributed by atoms with Crippen LogP contribution in [0, 0.1) is 5.82 Å². The first-order valence-corrected chi connectivity index (χ1v) is 15.1.